The quantitative estimate of drug-likeness (QED) is 0.692. The first-order valence-electron chi connectivity index (χ1n) is 6.30. The third kappa shape index (κ3) is 2.35. The molecule has 102 valence electrons. The highest BCUT2D eigenvalue weighted by molar-refractivity contribution is 5.90. The van der Waals surface area contributed by atoms with Crippen molar-refractivity contribution in [3.63, 3.8) is 0 Å². The molecule has 0 radical (unpaired) electrons. The molecule has 0 aliphatic heterocycles. The van der Waals surface area contributed by atoms with Gasteiger partial charge in [0.15, 0.2) is 5.65 Å². The van der Waals surface area contributed by atoms with Crippen molar-refractivity contribution < 1.29 is 9.90 Å². The van der Waals surface area contributed by atoms with Gasteiger partial charge in [0.25, 0.3) is 0 Å². The number of aromatic carboxylic acids is 1. The fraction of sp³-hybridized carbons (Fsp3) is 0.0625. The standard InChI is InChI=1S/C16H11N3O2/c1-11-12(4-2-5-14(11)16(20)21)7-8-13-10-17-15-6-3-9-18-19(13)15/h2-6,9-10H,1H3,(H,20,21). The van der Waals surface area contributed by atoms with Gasteiger partial charge in [-0.1, -0.05) is 12.0 Å². The normalized spacial score (nSPS) is 10.1. The maximum atomic E-state index is 11.1. The molecule has 2 aromatic heterocycles. The molecule has 0 saturated heterocycles. The summed E-state index contributed by atoms with van der Waals surface area (Å²) in [6.45, 7) is 1.75. The van der Waals surface area contributed by atoms with Crippen molar-refractivity contribution in [1.29, 1.82) is 0 Å². The number of nitrogens with zero attached hydrogens (tertiary/aromatic N) is 3. The molecule has 5 heteroatoms. The highest BCUT2D eigenvalue weighted by Crippen LogP contribution is 2.13. The van der Waals surface area contributed by atoms with Gasteiger partial charge in [0, 0.05) is 11.8 Å². The van der Waals surface area contributed by atoms with Crippen LogP contribution in [0.2, 0.25) is 0 Å². The number of hydrogen-bond acceptors (Lipinski definition) is 3. The van der Waals surface area contributed by atoms with Gasteiger partial charge in [-0.05, 0) is 42.7 Å². The van der Waals surface area contributed by atoms with E-state index in [9.17, 15) is 4.79 Å². The van der Waals surface area contributed by atoms with Crippen molar-refractivity contribution in [1.82, 2.24) is 14.6 Å². The molecule has 3 rings (SSSR count). The van der Waals surface area contributed by atoms with Crippen LogP contribution in [0, 0.1) is 18.8 Å². The first-order valence-corrected chi connectivity index (χ1v) is 6.30. The SMILES string of the molecule is Cc1c(C#Cc2cnc3cccnn23)cccc1C(=O)O. The lowest BCUT2D eigenvalue weighted by Crippen LogP contribution is -2.01. The zero-order valence-corrected chi connectivity index (χ0v) is 11.2. The number of benzene rings is 1. The van der Waals surface area contributed by atoms with Crippen molar-refractivity contribution in [3.8, 4) is 11.8 Å². The Labute approximate surface area is 120 Å². The Balaban J connectivity index is 2.06. The first-order chi connectivity index (χ1) is 10.2. The summed E-state index contributed by atoms with van der Waals surface area (Å²) in [6, 6.07) is 8.70. The van der Waals surface area contributed by atoms with E-state index < -0.39 is 5.97 Å². The van der Waals surface area contributed by atoms with Gasteiger partial charge in [-0.25, -0.2) is 14.3 Å². The van der Waals surface area contributed by atoms with Crippen LogP contribution >= 0.6 is 0 Å². The maximum absolute atomic E-state index is 11.1. The number of imidazole rings is 1. The Morgan fingerprint density at radius 3 is 2.90 bits per heavy atom. The minimum absolute atomic E-state index is 0.262. The van der Waals surface area contributed by atoms with Gasteiger partial charge in [-0.15, -0.1) is 0 Å². The summed E-state index contributed by atoms with van der Waals surface area (Å²) in [5.74, 6) is 5.02. The zero-order chi connectivity index (χ0) is 14.8. The Morgan fingerprint density at radius 1 is 1.24 bits per heavy atom. The topological polar surface area (TPSA) is 67.5 Å². The van der Waals surface area contributed by atoms with Crippen molar-refractivity contribution in [2.45, 2.75) is 6.92 Å². The summed E-state index contributed by atoms with van der Waals surface area (Å²) in [4.78, 5) is 15.3. The first kappa shape index (κ1) is 12.9. The lowest BCUT2D eigenvalue weighted by molar-refractivity contribution is 0.0696. The highest BCUT2D eigenvalue weighted by atomic mass is 16.4. The minimum atomic E-state index is -0.951. The number of rotatable bonds is 1. The van der Waals surface area contributed by atoms with Gasteiger partial charge in [0.2, 0.25) is 0 Å². The van der Waals surface area contributed by atoms with Crippen LogP contribution in [0.4, 0.5) is 0 Å². The van der Waals surface area contributed by atoms with E-state index in [1.807, 2.05) is 6.07 Å². The summed E-state index contributed by atoms with van der Waals surface area (Å²) in [5.41, 5.74) is 2.97. The van der Waals surface area contributed by atoms with E-state index in [0.717, 1.165) is 5.65 Å². The molecular weight excluding hydrogens is 266 g/mol. The number of aromatic nitrogens is 3. The molecule has 0 unspecified atom stereocenters. The van der Waals surface area contributed by atoms with Crippen LogP contribution in [-0.2, 0) is 0 Å². The summed E-state index contributed by atoms with van der Waals surface area (Å²) < 4.78 is 1.64. The molecule has 2 heterocycles. The largest absolute Gasteiger partial charge is 0.478 e. The van der Waals surface area contributed by atoms with Crippen LogP contribution < -0.4 is 0 Å². The predicted octanol–water partition coefficient (Wildman–Crippen LogP) is 2.14. The van der Waals surface area contributed by atoms with E-state index in [1.54, 1.807) is 48.1 Å². The number of carbonyl (C=O) groups is 1. The van der Waals surface area contributed by atoms with Gasteiger partial charge < -0.3 is 5.11 Å². The fourth-order valence-corrected chi connectivity index (χ4v) is 2.05. The van der Waals surface area contributed by atoms with Crippen molar-refractivity contribution in [2.75, 3.05) is 0 Å². The molecule has 0 amide bonds. The molecule has 3 aromatic rings. The molecule has 0 aliphatic carbocycles. The molecule has 1 N–H and O–H groups in total. The zero-order valence-electron chi connectivity index (χ0n) is 11.2. The van der Waals surface area contributed by atoms with Crippen LogP contribution in [0.3, 0.4) is 0 Å². The van der Waals surface area contributed by atoms with E-state index in [2.05, 4.69) is 21.9 Å². The molecule has 0 saturated carbocycles. The van der Waals surface area contributed by atoms with Gasteiger partial charge in [-0.2, -0.15) is 5.10 Å². The van der Waals surface area contributed by atoms with Crippen LogP contribution in [0.5, 0.6) is 0 Å². The second-order valence-electron chi connectivity index (χ2n) is 4.47. The molecule has 0 spiro atoms. The molecule has 0 fully saturated rings. The van der Waals surface area contributed by atoms with Crippen LogP contribution in [0.25, 0.3) is 5.65 Å². The molecule has 0 bridgehead atoms. The lowest BCUT2D eigenvalue weighted by Gasteiger charge is -2.02. The van der Waals surface area contributed by atoms with E-state index in [4.69, 9.17) is 5.11 Å². The van der Waals surface area contributed by atoms with E-state index >= 15 is 0 Å². The van der Waals surface area contributed by atoms with Crippen molar-refractivity contribution in [3.05, 3.63) is 65.1 Å². The number of carboxylic acid groups (broad SMARTS) is 1. The van der Waals surface area contributed by atoms with E-state index in [-0.39, 0.29) is 5.56 Å². The molecular formula is C16H11N3O2. The Morgan fingerprint density at radius 2 is 2.10 bits per heavy atom. The minimum Gasteiger partial charge on any atom is -0.478 e. The van der Waals surface area contributed by atoms with E-state index in [0.29, 0.717) is 16.8 Å². The van der Waals surface area contributed by atoms with Crippen LogP contribution in [0.1, 0.15) is 27.2 Å². The average molecular weight is 277 g/mol. The molecule has 0 aliphatic rings. The smallest absolute Gasteiger partial charge is 0.335 e. The molecule has 21 heavy (non-hydrogen) atoms. The predicted molar refractivity (Wildman–Crippen MR) is 77.1 cm³/mol. The van der Waals surface area contributed by atoms with Crippen molar-refractivity contribution in [2.24, 2.45) is 0 Å². The molecule has 5 nitrogen and oxygen atoms in total. The fourth-order valence-electron chi connectivity index (χ4n) is 2.05. The molecule has 0 atom stereocenters. The summed E-state index contributed by atoms with van der Waals surface area (Å²) in [5, 5.41) is 13.3. The Bertz CT molecular complexity index is 901. The third-order valence-electron chi connectivity index (χ3n) is 3.17. The van der Waals surface area contributed by atoms with Crippen LogP contribution in [-0.4, -0.2) is 25.7 Å². The molecule has 1 aromatic carbocycles. The van der Waals surface area contributed by atoms with E-state index in [1.165, 1.54) is 0 Å². The Kier molecular flexibility index (Phi) is 3.13. The highest BCUT2D eigenvalue weighted by Gasteiger charge is 2.08. The van der Waals surface area contributed by atoms with Gasteiger partial charge in [0.1, 0.15) is 5.69 Å². The monoisotopic (exact) mass is 277 g/mol. The second-order valence-corrected chi connectivity index (χ2v) is 4.47. The average Bonchev–Trinajstić information content (AvgIpc) is 2.89. The number of carboxylic acids is 1. The third-order valence-corrected chi connectivity index (χ3v) is 3.17. The maximum Gasteiger partial charge on any atom is 0.335 e. The number of fused-ring (bicyclic) bond motifs is 1. The van der Waals surface area contributed by atoms with Crippen LogP contribution in [0.15, 0.2) is 42.7 Å². The second kappa shape index (κ2) is 5.10. The summed E-state index contributed by atoms with van der Waals surface area (Å²) in [7, 11) is 0. The summed E-state index contributed by atoms with van der Waals surface area (Å²) >= 11 is 0. The lowest BCUT2D eigenvalue weighted by atomic mass is 10.0. The van der Waals surface area contributed by atoms with Gasteiger partial charge in [-0.3, -0.25) is 0 Å². The van der Waals surface area contributed by atoms with Crippen molar-refractivity contribution >= 4 is 11.6 Å². The summed E-state index contributed by atoms with van der Waals surface area (Å²) in [6.07, 6.45) is 3.31. The Hall–Kier alpha value is -3.13. The van der Waals surface area contributed by atoms with Gasteiger partial charge >= 0.3 is 5.97 Å². The van der Waals surface area contributed by atoms with Gasteiger partial charge in [0.05, 0.1) is 11.8 Å². The number of hydrogen-bond donors (Lipinski definition) is 1.